The van der Waals surface area contributed by atoms with Gasteiger partial charge >= 0.3 is 5.97 Å². The first-order valence-electron chi connectivity index (χ1n) is 7.10. The molecule has 0 aromatic rings. The van der Waals surface area contributed by atoms with Crippen LogP contribution in [0.3, 0.4) is 0 Å². The molecule has 0 aromatic heterocycles. The average Bonchev–Trinajstić information content (AvgIpc) is 2.37. The van der Waals surface area contributed by atoms with Gasteiger partial charge in [0.2, 0.25) is 0 Å². The molecule has 4 heteroatoms. The molecule has 1 rings (SSSR count). The number of hydrogen-bond acceptors (Lipinski definition) is 4. The van der Waals surface area contributed by atoms with Gasteiger partial charge in [-0.15, -0.1) is 0 Å². The van der Waals surface area contributed by atoms with E-state index in [1.54, 1.807) is 0 Å². The molecule has 0 aliphatic carbocycles. The molecule has 0 saturated carbocycles. The van der Waals surface area contributed by atoms with Crippen molar-refractivity contribution in [1.82, 2.24) is 10.2 Å². The number of likely N-dealkylation sites (tertiary alicyclic amines) is 1. The highest BCUT2D eigenvalue weighted by Crippen LogP contribution is 2.10. The van der Waals surface area contributed by atoms with Crippen LogP contribution in [0.2, 0.25) is 0 Å². The summed E-state index contributed by atoms with van der Waals surface area (Å²) in [5.41, 5.74) is 0. The van der Waals surface area contributed by atoms with Gasteiger partial charge < -0.3 is 15.0 Å². The SMILES string of the molecule is COC(=O)C(C)C(C)NC(C)CN1CCCCC1. The molecule has 1 fully saturated rings. The summed E-state index contributed by atoms with van der Waals surface area (Å²) in [6, 6.07) is 0.558. The lowest BCUT2D eigenvalue weighted by Gasteiger charge is -2.31. The van der Waals surface area contributed by atoms with E-state index in [1.165, 1.54) is 39.5 Å². The number of hydrogen-bond donors (Lipinski definition) is 1. The Hall–Kier alpha value is -0.610. The van der Waals surface area contributed by atoms with Gasteiger partial charge in [0.15, 0.2) is 0 Å². The van der Waals surface area contributed by atoms with Crippen LogP contribution in [0.1, 0.15) is 40.0 Å². The normalized spacial score (nSPS) is 22.2. The summed E-state index contributed by atoms with van der Waals surface area (Å²) >= 11 is 0. The first kappa shape index (κ1) is 15.4. The van der Waals surface area contributed by atoms with E-state index in [0.29, 0.717) is 6.04 Å². The summed E-state index contributed by atoms with van der Waals surface area (Å²) in [5.74, 6) is -0.237. The Balaban J connectivity index is 2.29. The molecule has 3 atom stereocenters. The van der Waals surface area contributed by atoms with Crippen LogP contribution in [-0.4, -0.2) is 49.7 Å². The second kappa shape index (κ2) is 7.74. The Bertz CT molecular complexity index is 252. The van der Waals surface area contributed by atoms with Crippen LogP contribution in [0.15, 0.2) is 0 Å². The predicted octanol–water partition coefficient (Wildman–Crippen LogP) is 1.65. The fourth-order valence-electron chi connectivity index (χ4n) is 2.57. The zero-order valence-electron chi connectivity index (χ0n) is 12.2. The van der Waals surface area contributed by atoms with Crippen molar-refractivity contribution in [1.29, 1.82) is 0 Å². The first-order valence-corrected chi connectivity index (χ1v) is 7.10. The minimum Gasteiger partial charge on any atom is -0.469 e. The Morgan fingerprint density at radius 1 is 1.22 bits per heavy atom. The predicted molar refractivity (Wildman–Crippen MR) is 73.5 cm³/mol. The second-order valence-corrected chi connectivity index (χ2v) is 5.53. The van der Waals surface area contributed by atoms with Crippen molar-refractivity contribution in [3.63, 3.8) is 0 Å². The van der Waals surface area contributed by atoms with E-state index in [9.17, 15) is 4.79 Å². The van der Waals surface area contributed by atoms with Crippen LogP contribution >= 0.6 is 0 Å². The molecular formula is C14H28N2O2. The van der Waals surface area contributed by atoms with E-state index in [-0.39, 0.29) is 17.9 Å². The highest BCUT2D eigenvalue weighted by molar-refractivity contribution is 5.72. The molecule has 0 amide bonds. The maximum atomic E-state index is 11.5. The average molecular weight is 256 g/mol. The molecule has 0 aromatic carbocycles. The number of nitrogens with one attached hydrogen (secondary N) is 1. The summed E-state index contributed by atoms with van der Waals surface area (Å²) in [7, 11) is 1.45. The maximum absolute atomic E-state index is 11.5. The zero-order valence-corrected chi connectivity index (χ0v) is 12.2. The quantitative estimate of drug-likeness (QED) is 0.734. The molecule has 1 aliphatic heterocycles. The lowest BCUT2D eigenvalue weighted by molar-refractivity contribution is -0.145. The van der Waals surface area contributed by atoms with Crippen LogP contribution < -0.4 is 5.32 Å². The molecule has 0 radical (unpaired) electrons. The van der Waals surface area contributed by atoms with Crippen molar-refractivity contribution in [2.45, 2.75) is 52.1 Å². The summed E-state index contributed by atoms with van der Waals surface area (Å²) < 4.78 is 4.78. The van der Waals surface area contributed by atoms with Gasteiger partial charge in [0.1, 0.15) is 0 Å². The number of ether oxygens (including phenoxy) is 1. The number of nitrogens with zero attached hydrogens (tertiary/aromatic N) is 1. The Kier molecular flexibility index (Phi) is 6.65. The highest BCUT2D eigenvalue weighted by Gasteiger charge is 2.22. The fraction of sp³-hybridized carbons (Fsp3) is 0.929. The van der Waals surface area contributed by atoms with Crippen LogP contribution in [0.25, 0.3) is 0 Å². The number of carbonyl (C=O) groups excluding carboxylic acids is 1. The second-order valence-electron chi connectivity index (χ2n) is 5.53. The van der Waals surface area contributed by atoms with Crippen molar-refractivity contribution < 1.29 is 9.53 Å². The number of esters is 1. The zero-order chi connectivity index (χ0) is 13.5. The van der Waals surface area contributed by atoms with Crippen molar-refractivity contribution in [3.8, 4) is 0 Å². The van der Waals surface area contributed by atoms with Gasteiger partial charge in [0.25, 0.3) is 0 Å². The van der Waals surface area contributed by atoms with Crippen molar-refractivity contribution in [3.05, 3.63) is 0 Å². The lowest BCUT2D eigenvalue weighted by atomic mass is 10.0. The third-order valence-electron chi connectivity index (χ3n) is 3.85. The maximum Gasteiger partial charge on any atom is 0.309 e. The van der Waals surface area contributed by atoms with Gasteiger partial charge in [-0.2, -0.15) is 0 Å². The molecule has 106 valence electrons. The monoisotopic (exact) mass is 256 g/mol. The summed E-state index contributed by atoms with van der Waals surface area (Å²) in [6.45, 7) is 9.65. The smallest absolute Gasteiger partial charge is 0.309 e. The van der Waals surface area contributed by atoms with E-state index in [4.69, 9.17) is 4.74 Å². The lowest BCUT2D eigenvalue weighted by Crippen LogP contribution is -2.47. The third-order valence-corrected chi connectivity index (χ3v) is 3.85. The number of piperidine rings is 1. The fourth-order valence-corrected chi connectivity index (χ4v) is 2.57. The molecule has 1 heterocycles. The van der Waals surface area contributed by atoms with Crippen LogP contribution in [0, 0.1) is 5.92 Å². The number of rotatable bonds is 6. The summed E-state index contributed by atoms with van der Waals surface area (Å²) in [6.07, 6.45) is 4.01. The van der Waals surface area contributed by atoms with E-state index in [1.807, 2.05) is 13.8 Å². The summed E-state index contributed by atoms with van der Waals surface area (Å²) in [4.78, 5) is 14.0. The Morgan fingerprint density at radius 3 is 2.39 bits per heavy atom. The number of carbonyl (C=O) groups is 1. The van der Waals surface area contributed by atoms with Gasteiger partial charge in [-0.25, -0.2) is 0 Å². The van der Waals surface area contributed by atoms with Gasteiger partial charge in [0, 0.05) is 18.6 Å². The van der Waals surface area contributed by atoms with E-state index in [2.05, 4.69) is 17.1 Å². The van der Waals surface area contributed by atoms with E-state index < -0.39 is 0 Å². The minimum atomic E-state index is -0.139. The Labute approximate surface area is 111 Å². The van der Waals surface area contributed by atoms with Gasteiger partial charge in [-0.3, -0.25) is 4.79 Å². The van der Waals surface area contributed by atoms with Crippen LogP contribution in [-0.2, 0) is 9.53 Å². The molecule has 1 N–H and O–H groups in total. The van der Waals surface area contributed by atoms with E-state index >= 15 is 0 Å². The molecule has 18 heavy (non-hydrogen) atoms. The van der Waals surface area contributed by atoms with E-state index in [0.717, 1.165) is 6.54 Å². The molecule has 4 nitrogen and oxygen atoms in total. The van der Waals surface area contributed by atoms with Crippen molar-refractivity contribution >= 4 is 5.97 Å². The molecule has 0 spiro atoms. The summed E-state index contributed by atoms with van der Waals surface area (Å²) in [5, 5.41) is 3.50. The van der Waals surface area contributed by atoms with Crippen LogP contribution in [0.5, 0.6) is 0 Å². The molecule has 1 aliphatic rings. The minimum absolute atomic E-state index is 0.0983. The van der Waals surface area contributed by atoms with Gasteiger partial charge in [0.05, 0.1) is 13.0 Å². The topological polar surface area (TPSA) is 41.6 Å². The highest BCUT2D eigenvalue weighted by atomic mass is 16.5. The standard InChI is InChI=1S/C14H28N2O2/c1-11(10-16-8-6-5-7-9-16)15-13(3)12(2)14(17)18-4/h11-13,15H,5-10H2,1-4H3. The van der Waals surface area contributed by atoms with Gasteiger partial charge in [-0.1, -0.05) is 13.3 Å². The van der Waals surface area contributed by atoms with Crippen molar-refractivity contribution in [2.75, 3.05) is 26.7 Å². The molecule has 1 saturated heterocycles. The van der Waals surface area contributed by atoms with Gasteiger partial charge in [-0.05, 0) is 39.8 Å². The van der Waals surface area contributed by atoms with Crippen LogP contribution in [0.4, 0.5) is 0 Å². The van der Waals surface area contributed by atoms with Crippen molar-refractivity contribution in [2.24, 2.45) is 5.92 Å². The number of methoxy groups -OCH3 is 1. The molecule has 3 unspecified atom stereocenters. The largest absolute Gasteiger partial charge is 0.469 e. The molecule has 0 bridgehead atoms. The Morgan fingerprint density at radius 2 is 1.83 bits per heavy atom. The molecular weight excluding hydrogens is 228 g/mol. The first-order chi connectivity index (χ1) is 8.54. The third kappa shape index (κ3) is 4.94.